The fourth-order valence-corrected chi connectivity index (χ4v) is 2.47. The quantitative estimate of drug-likeness (QED) is 0.723. The molecule has 21 heavy (non-hydrogen) atoms. The van der Waals surface area contributed by atoms with E-state index >= 15 is 0 Å². The summed E-state index contributed by atoms with van der Waals surface area (Å²) in [5.74, 6) is 0. The van der Waals surface area contributed by atoms with Crippen molar-refractivity contribution < 1.29 is 8.78 Å². The molecule has 3 rings (SSSR count). The molecule has 0 aliphatic carbocycles. The molecule has 2 N–H and O–H groups in total. The zero-order valence-electron chi connectivity index (χ0n) is 10.7. The van der Waals surface area contributed by atoms with Crippen molar-refractivity contribution in [2.24, 2.45) is 0 Å². The lowest BCUT2D eigenvalue weighted by molar-refractivity contribution is 0.120. The number of rotatable bonds is 4. The van der Waals surface area contributed by atoms with Gasteiger partial charge in [-0.15, -0.1) is 0 Å². The number of alkyl halides is 2. The van der Waals surface area contributed by atoms with Crippen LogP contribution in [0.1, 0.15) is 5.69 Å². The average molecular weight is 311 g/mol. The Balaban J connectivity index is 2.07. The van der Waals surface area contributed by atoms with E-state index in [4.69, 9.17) is 12.2 Å². The van der Waals surface area contributed by atoms with Gasteiger partial charge in [0.05, 0.1) is 17.8 Å². The Kier molecular flexibility index (Phi) is 3.42. The van der Waals surface area contributed by atoms with E-state index in [-0.39, 0.29) is 16.9 Å². The highest BCUT2D eigenvalue weighted by molar-refractivity contribution is 7.71. The number of aromatic nitrogens is 5. The molecule has 3 heterocycles. The van der Waals surface area contributed by atoms with Gasteiger partial charge < -0.3 is 9.55 Å². The maximum absolute atomic E-state index is 12.5. The SMILES string of the molecule is O=c1[nH]c(=S)n(Cc2ccnn2CC(F)F)c2cc[nH]c12. The molecule has 0 aliphatic rings. The second-order valence-corrected chi connectivity index (χ2v) is 4.87. The lowest BCUT2D eigenvalue weighted by atomic mass is 10.3. The maximum Gasteiger partial charge on any atom is 0.276 e. The molecule has 0 aromatic carbocycles. The van der Waals surface area contributed by atoms with E-state index in [9.17, 15) is 13.6 Å². The maximum atomic E-state index is 12.5. The summed E-state index contributed by atoms with van der Waals surface area (Å²) in [5, 5.41) is 3.88. The fraction of sp³-hybridized carbons (Fsp3) is 0.250. The normalized spacial score (nSPS) is 11.6. The molecule has 110 valence electrons. The highest BCUT2D eigenvalue weighted by Crippen LogP contribution is 2.12. The first-order valence-corrected chi connectivity index (χ1v) is 6.56. The van der Waals surface area contributed by atoms with Crippen LogP contribution in [0.2, 0.25) is 0 Å². The average Bonchev–Trinajstić information content (AvgIpc) is 3.03. The van der Waals surface area contributed by atoms with Crippen molar-refractivity contribution in [1.29, 1.82) is 0 Å². The topological polar surface area (TPSA) is 71.4 Å². The van der Waals surface area contributed by atoms with Crippen LogP contribution in [0.4, 0.5) is 8.78 Å². The Labute approximate surface area is 122 Å². The smallest absolute Gasteiger partial charge is 0.276 e. The van der Waals surface area contributed by atoms with Gasteiger partial charge >= 0.3 is 0 Å². The van der Waals surface area contributed by atoms with E-state index in [0.717, 1.165) is 0 Å². The van der Waals surface area contributed by atoms with Crippen molar-refractivity contribution in [2.75, 3.05) is 0 Å². The van der Waals surface area contributed by atoms with Gasteiger partial charge in [-0.25, -0.2) is 8.78 Å². The summed E-state index contributed by atoms with van der Waals surface area (Å²) >= 11 is 5.15. The number of hydrogen-bond donors (Lipinski definition) is 2. The van der Waals surface area contributed by atoms with Crippen LogP contribution in [0.3, 0.4) is 0 Å². The number of hydrogen-bond acceptors (Lipinski definition) is 3. The number of nitrogens with zero attached hydrogens (tertiary/aromatic N) is 3. The van der Waals surface area contributed by atoms with Crippen molar-refractivity contribution >= 4 is 23.3 Å². The Morgan fingerprint density at radius 1 is 1.38 bits per heavy atom. The summed E-state index contributed by atoms with van der Waals surface area (Å²) in [7, 11) is 0. The Hall–Kier alpha value is -2.29. The van der Waals surface area contributed by atoms with Gasteiger partial charge in [0, 0.05) is 12.4 Å². The monoisotopic (exact) mass is 311 g/mol. The molecule has 9 heteroatoms. The standard InChI is InChI=1S/C12H11F2N5OS/c13-9(14)6-19-7(1-4-16-19)5-18-8-2-3-15-10(8)11(20)17-12(18)21/h1-4,9,15H,5-6H2,(H,17,20,21). The van der Waals surface area contributed by atoms with E-state index in [1.807, 2.05) is 0 Å². The highest BCUT2D eigenvalue weighted by atomic mass is 32.1. The zero-order chi connectivity index (χ0) is 15.0. The summed E-state index contributed by atoms with van der Waals surface area (Å²) in [4.78, 5) is 17.1. The van der Waals surface area contributed by atoms with Gasteiger partial charge in [-0.2, -0.15) is 5.10 Å². The number of halogens is 2. The molecule has 0 amide bonds. The van der Waals surface area contributed by atoms with E-state index in [0.29, 0.717) is 16.7 Å². The van der Waals surface area contributed by atoms with Crippen molar-refractivity contribution in [1.82, 2.24) is 24.3 Å². The molecule has 0 saturated heterocycles. The van der Waals surface area contributed by atoms with Crippen molar-refractivity contribution in [3.63, 3.8) is 0 Å². The van der Waals surface area contributed by atoms with Crippen LogP contribution in [0.25, 0.3) is 11.0 Å². The van der Waals surface area contributed by atoms with Gasteiger partial charge in [-0.05, 0) is 24.4 Å². The Morgan fingerprint density at radius 3 is 2.95 bits per heavy atom. The van der Waals surface area contributed by atoms with Gasteiger partial charge in [0.25, 0.3) is 12.0 Å². The molecule has 6 nitrogen and oxygen atoms in total. The van der Waals surface area contributed by atoms with E-state index < -0.39 is 13.0 Å². The lowest BCUT2D eigenvalue weighted by Gasteiger charge is -2.11. The highest BCUT2D eigenvalue weighted by Gasteiger charge is 2.12. The van der Waals surface area contributed by atoms with Crippen LogP contribution in [0, 0.1) is 4.77 Å². The number of fused-ring (bicyclic) bond motifs is 1. The number of nitrogens with one attached hydrogen (secondary N) is 2. The van der Waals surface area contributed by atoms with Gasteiger partial charge in [-0.3, -0.25) is 14.5 Å². The lowest BCUT2D eigenvalue weighted by Crippen LogP contribution is -2.18. The largest absolute Gasteiger partial charge is 0.355 e. The minimum atomic E-state index is -2.49. The minimum Gasteiger partial charge on any atom is -0.355 e. The number of aromatic amines is 2. The van der Waals surface area contributed by atoms with Crippen molar-refractivity contribution in [2.45, 2.75) is 19.5 Å². The zero-order valence-corrected chi connectivity index (χ0v) is 11.5. The summed E-state index contributed by atoms with van der Waals surface area (Å²) in [6.07, 6.45) is 0.600. The predicted molar refractivity (Wildman–Crippen MR) is 75.1 cm³/mol. The fourth-order valence-electron chi connectivity index (χ4n) is 2.21. The van der Waals surface area contributed by atoms with Gasteiger partial charge in [0.15, 0.2) is 4.77 Å². The molecule has 0 saturated carbocycles. The minimum absolute atomic E-state index is 0.233. The molecule has 0 radical (unpaired) electrons. The van der Waals surface area contributed by atoms with Crippen molar-refractivity contribution in [3.8, 4) is 0 Å². The van der Waals surface area contributed by atoms with Crippen LogP contribution in [0.5, 0.6) is 0 Å². The Morgan fingerprint density at radius 2 is 2.19 bits per heavy atom. The summed E-state index contributed by atoms with van der Waals surface area (Å²) < 4.78 is 28.2. The Bertz CT molecular complexity index is 891. The van der Waals surface area contributed by atoms with Crippen LogP contribution >= 0.6 is 12.2 Å². The third kappa shape index (κ3) is 2.51. The molecule has 0 aliphatic heterocycles. The van der Waals surface area contributed by atoms with Crippen LogP contribution in [-0.4, -0.2) is 30.7 Å². The first-order valence-electron chi connectivity index (χ1n) is 6.15. The molecule has 0 spiro atoms. The van der Waals surface area contributed by atoms with Gasteiger partial charge in [0.2, 0.25) is 0 Å². The molecule has 0 fully saturated rings. The van der Waals surface area contributed by atoms with E-state index in [2.05, 4.69) is 15.1 Å². The van der Waals surface area contributed by atoms with Crippen molar-refractivity contribution in [3.05, 3.63) is 45.3 Å². The van der Waals surface area contributed by atoms with Crippen LogP contribution in [-0.2, 0) is 13.1 Å². The third-order valence-corrected chi connectivity index (χ3v) is 3.47. The summed E-state index contributed by atoms with van der Waals surface area (Å²) in [6.45, 7) is -0.230. The molecule has 3 aromatic rings. The van der Waals surface area contributed by atoms with Gasteiger partial charge in [-0.1, -0.05) is 0 Å². The molecular formula is C12H11F2N5OS. The first kappa shape index (κ1) is 13.7. The third-order valence-electron chi connectivity index (χ3n) is 3.14. The summed E-state index contributed by atoms with van der Waals surface area (Å²) in [6, 6.07) is 3.36. The van der Waals surface area contributed by atoms with E-state index in [1.54, 1.807) is 22.9 Å². The molecule has 3 aromatic heterocycles. The molecule has 0 atom stereocenters. The van der Waals surface area contributed by atoms with Gasteiger partial charge in [0.1, 0.15) is 12.1 Å². The number of H-pyrrole nitrogens is 2. The molecular weight excluding hydrogens is 300 g/mol. The second kappa shape index (κ2) is 5.24. The van der Waals surface area contributed by atoms with Crippen LogP contribution in [0.15, 0.2) is 29.3 Å². The predicted octanol–water partition coefficient (Wildman–Crippen LogP) is 1.90. The second-order valence-electron chi connectivity index (χ2n) is 4.48. The molecule has 0 bridgehead atoms. The van der Waals surface area contributed by atoms with E-state index in [1.165, 1.54) is 10.9 Å². The summed E-state index contributed by atoms with van der Waals surface area (Å²) in [5.41, 5.74) is 1.29. The first-order chi connectivity index (χ1) is 10.1. The molecule has 0 unspecified atom stereocenters. The van der Waals surface area contributed by atoms with Crippen LogP contribution < -0.4 is 5.56 Å².